The largest absolute Gasteiger partial charge is 0.480 e. The standard InChI is InChI=1S/C12H15BrFNO4S/c1-12(2,3)15(7-11(16)17)20(18,19)10-5-4-8(14)6-9(10)13/h4-6H,7H2,1-3H3,(H,16,17). The third kappa shape index (κ3) is 3.77. The van der Waals surface area contributed by atoms with Gasteiger partial charge in [0.05, 0.1) is 4.90 Å². The Labute approximate surface area is 125 Å². The molecule has 0 saturated heterocycles. The van der Waals surface area contributed by atoms with Gasteiger partial charge in [-0.25, -0.2) is 12.8 Å². The van der Waals surface area contributed by atoms with Gasteiger partial charge in [0.25, 0.3) is 0 Å². The lowest BCUT2D eigenvalue weighted by Crippen LogP contribution is -2.48. The predicted octanol–water partition coefficient (Wildman–Crippen LogP) is 2.46. The highest BCUT2D eigenvalue weighted by Gasteiger charge is 2.36. The van der Waals surface area contributed by atoms with Gasteiger partial charge in [-0.3, -0.25) is 4.79 Å². The first-order chi connectivity index (χ1) is 8.96. The summed E-state index contributed by atoms with van der Waals surface area (Å²) < 4.78 is 39.1. The van der Waals surface area contributed by atoms with E-state index >= 15 is 0 Å². The summed E-state index contributed by atoms with van der Waals surface area (Å²) in [5.74, 6) is -1.85. The number of carboxylic acid groups (broad SMARTS) is 1. The Morgan fingerprint density at radius 2 is 1.95 bits per heavy atom. The summed E-state index contributed by atoms with van der Waals surface area (Å²) in [4.78, 5) is 10.7. The van der Waals surface area contributed by atoms with Crippen molar-refractivity contribution in [2.75, 3.05) is 6.54 Å². The van der Waals surface area contributed by atoms with Crippen molar-refractivity contribution in [1.82, 2.24) is 4.31 Å². The van der Waals surface area contributed by atoms with Gasteiger partial charge in [-0.05, 0) is 54.9 Å². The molecule has 0 atom stereocenters. The summed E-state index contributed by atoms with van der Waals surface area (Å²) in [5, 5.41) is 8.89. The van der Waals surface area contributed by atoms with Crippen LogP contribution in [-0.4, -0.2) is 35.9 Å². The minimum Gasteiger partial charge on any atom is -0.480 e. The molecule has 0 unspecified atom stereocenters. The van der Waals surface area contributed by atoms with Crippen molar-refractivity contribution in [3.05, 3.63) is 28.5 Å². The maximum Gasteiger partial charge on any atom is 0.318 e. The number of sulfonamides is 1. The Balaban J connectivity index is 3.40. The highest BCUT2D eigenvalue weighted by atomic mass is 79.9. The smallest absolute Gasteiger partial charge is 0.318 e. The summed E-state index contributed by atoms with van der Waals surface area (Å²) in [5.41, 5.74) is -0.926. The summed E-state index contributed by atoms with van der Waals surface area (Å²) in [6.45, 7) is 4.09. The molecule has 0 saturated carbocycles. The predicted molar refractivity (Wildman–Crippen MR) is 75.4 cm³/mol. The molecule has 0 aliphatic carbocycles. The van der Waals surface area contributed by atoms with Gasteiger partial charge in [-0.2, -0.15) is 4.31 Å². The SMILES string of the molecule is CC(C)(C)N(CC(=O)O)S(=O)(=O)c1ccc(F)cc1Br. The first kappa shape index (κ1) is 17.1. The first-order valence-corrected chi connectivity index (χ1v) is 7.89. The lowest BCUT2D eigenvalue weighted by molar-refractivity contribution is -0.138. The fraction of sp³-hybridized carbons (Fsp3) is 0.417. The van der Waals surface area contributed by atoms with E-state index in [1.165, 1.54) is 0 Å². The maximum absolute atomic E-state index is 13.0. The molecule has 1 aromatic carbocycles. The van der Waals surface area contributed by atoms with Gasteiger partial charge < -0.3 is 5.11 Å². The molecular formula is C12H15BrFNO4S. The minimum atomic E-state index is -4.06. The fourth-order valence-electron chi connectivity index (χ4n) is 1.61. The van der Waals surface area contributed by atoms with E-state index in [9.17, 15) is 17.6 Å². The molecule has 1 rings (SSSR count). The van der Waals surface area contributed by atoms with Gasteiger partial charge in [0.1, 0.15) is 12.4 Å². The van der Waals surface area contributed by atoms with E-state index in [-0.39, 0.29) is 9.37 Å². The fourth-order valence-corrected chi connectivity index (χ4v) is 4.36. The number of carbonyl (C=O) groups is 1. The molecule has 20 heavy (non-hydrogen) atoms. The summed E-state index contributed by atoms with van der Waals surface area (Å²) in [6.07, 6.45) is 0. The monoisotopic (exact) mass is 367 g/mol. The van der Waals surface area contributed by atoms with E-state index < -0.39 is 33.9 Å². The normalized spacial score (nSPS) is 12.7. The van der Waals surface area contributed by atoms with Crippen molar-refractivity contribution in [3.8, 4) is 0 Å². The summed E-state index contributed by atoms with van der Waals surface area (Å²) in [6, 6.07) is 3.14. The number of carboxylic acids is 1. The topological polar surface area (TPSA) is 74.7 Å². The second-order valence-corrected chi connectivity index (χ2v) is 7.84. The van der Waals surface area contributed by atoms with Crippen LogP contribution in [-0.2, 0) is 14.8 Å². The van der Waals surface area contributed by atoms with Crippen molar-refractivity contribution >= 4 is 31.9 Å². The number of rotatable bonds is 4. The molecule has 0 fully saturated rings. The Morgan fingerprint density at radius 1 is 1.40 bits per heavy atom. The number of halogens is 2. The Bertz CT molecular complexity index is 625. The molecular weight excluding hydrogens is 353 g/mol. The number of hydrogen-bond donors (Lipinski definition) is 1. The van der Waals surface area contributed by atoms with Crippen LogP contribution in [0.4, 0.5) is 4.39 Å². The van der Waals surface area contributed by atoms with Crippen LogP contribution in [0.3, 0.4) is 0 Å². The molecule has 0 bridgehead atoms. The van der Waals surface area contributed by atoms with Gasteiger partial charge in [-0.15, -0.1) is 0 Å². The number of hydrogen-bond acceptors (Lipinski definition) is 3. The van der Waals surface area contributed by atoms with Crippen LogP contribution in [0, 0.1) is 5.82 Å². The average Bonchev–Trinajstić information content (AvgIpc) is 2.23. The van der Waals surface area contributed by atoms with Crippen molar-refractivity contribution in [2.24, 2.45) is 0 Å². The van der Waals surface area contributed by atoms with E-state index in [2.05, 4.69) is 15.9 Å². The second kappa shape index (κ2) is 5.79. The molecule has 1 aromatic rings. The second-order valence-electron chi connectivity index (χ2n) is 5.15. The zero-order chi connectivity index (χ0) is 15.7. The van der Waals surface area contributed by atoms with Crippen molar-refractivity contribution < 1.29 is 22.7 Å². The average molecular weight is 368 g/mol. The van der Waals surface area contributed by atoms with Crippen LogP contribution < -0.4 is 0 Å². The highest BCUT2D eigenvalue weighted by molar-refractivity contribution is 9.10. The first-order valence-electron chi connectivity index (χ1n) is 5.66. The van der Waals surface area contributed by atoms with E-state index in [4.69, 9.17) is 5.11 Å². The zero-order valence-electron chi connectivity index (χ0n) is 11.2. The molecule has 1 N–H and O–H groups in total. The van der Waals surface area contributed by atoms with Gasteiger partial charge in [0.2, 0.25) is 10.0 Å². The van der Waals surface area contributed by atoms with Crippen LogP contribution in [0.5, 0.6) is 0 Å². The van der Waals surface area contributed by atoms with Gasteiger partial charge in [-0.1, -0.05) is 0 Å². The number of benzene rings is 1. The van der Waals surface area contributed by atoms with Gasteiger partial charge in [0.15, 0.2) is 0 Å². The molecule has 112 valence electrons. The van der Waals surface area contributed by atoms with Gasteiger partial charge in [0, 0.05) is 10.0 Å². The van der Waals surface area contributed by atoms with Crippen LogP contribution in [0.25, 0.3) is 0 Å². The third-order valence-electron chi connectivity index (χ3n) is 2.49. The molecule has 0 radical (unpaired) electrons. The molecule has 0 amide bonds. The lowest BCUT2D eigenvalue weighted by atomic mass is 10.1. The van der Waals surface area contributed by atoms with Crippen LogP contribution in [0.2, 0.25) is 0 Å². The Morgan fingerprint density at radius 3 is 2.35 bits per heavy atom. The number of nitrogens with zero attached hydrogens (tertiary/aromatic N) is 1. The lowest BCUT2D eigenvalue weighted by Gasteiger charge is -2.33. The van der Waals surface area contributed by atoms with Crippen molar-refractivity contribution in [3.63, 3.8) is 0 Å². The molecule has 0 aliphatic rings. The van der Waals surface area contributed by atoms with Crippen LogP contribution in [0.1, 0.15) is 20.8 Å². The third-order valence-corrected chi connectivity index (χ3v) is 5.58. The Hall–Kier alpha value is -0.990. The quantitative estimate of drug-likeness (QED) is 0.886. The van der Waals surface area contributed by atoms with Crippen LogP contribution in [0.15, 0.2) is 27.6 Å². The van der Waals surface area contributed by atoms with Crippen molar-refractivity contribution in [2.45, 2.75) is 31.2 Å². The molecule has 0 aromatic heterocycles. The molecule has 5 nitrogen and oxygen atoms in total. The molecule has 0 spiro atoms. The van der Waals surface area contributed by atoms with Gasteiger partial charge >= 0.3 is 5.97 Å². The Kier molecular flexibility index (Phi) is 4.94. The maximum atomic E-state index is 13.0. The van der Waals surface area contributed by atoms with Crippen molar-refractivity contribution in [1.29, 1.82) is 0 Å². The van der Waals surface area contributed by atoms with E-state index in [0.717, 1.165) is 22.5 Å². The molecule has 8 heteroatoms. The van der Waals surface area contributed by atoms with Crippen LogP contribution >= 0.6 is 15.9 Å². The number of aliphatic carboxylic acids is 1. The molecule has 0 aliphatic heterocycles. The summed E-state index contributed by atoms with van der Waals surface area (Å²) in [7, 11) is -4.06. The zero-order valence-corrected chi connectivity index (χ0v) is 13.6. The minimum absolute atomic E-state index is 0.0529. The van der Waals surface area contributed by atoms with E-state index in [1.54, 1.807) is 20.8 Å². The van der Waals surface area contributed by atoms with E-state index in [1.807, 2.05) is 0 Å². The highest BCUT2D eigenvalue weighted by Crippen LogP contribution is 2.29. The summed E-state index contributed by atoms with van der Waals surface area (Å²) >= 11 is 2.99. The molecule has 0 heterocycles. The van der Waals surface area contributed by atoms with E-state index in [0.29, 0.717) is 0 Å².